The van der Waals surface area contributed by atoms with Crippen LogP contribution in [0, 0.1) is 12.8 Å². The molecule has 0 radical (unpaired) electrons. The van der Waals surface area contributed by atoms with Crippen molar-refractivity contribution in [3.8, 4) is 0 Å². The molecule has 1 aromatic carbocycles. The molecule has 1 aromatic rings. The molecular weight excluding hydrogens is 284 g/mol. The summed E-state index contributed by atoms with van der Waals surface area (Å²) in [6, 6.07) is 7.03. The lowest BCUT2D eigenvalue weighted by Gasteiger charge is -2.30. The lowest BCUT2D eigenvalue weighted by Crippen LogP contribution is -2.39. The van der Waals surface area contributed by atoms with Crippen LogP contribution in [0.3, 0.4) is 0 Å². The maximum Gasteiger partial charge on any atom is 0.243 e. The molecule has 1 fully saturated rings. The van der Waals surface area contributed by atoms with E-state index in [4.69, 9.17) is 5.73 Å². The van der Waals surface area contributed by atoms with Crippen LogP contribution in [0.1, 0.15) is 18.4 Å². The maximum absolute atomic E-state index is 12.4. The highest BCUT2D eigenvalue weighted by atomic mass is 35.5. The topological polar surface area (TPSA) is 63.4 Å². The molecule has 0 bridgehead atoms. The molecule has 19 heavy (non-hydrogen) atoms. The van der Waals surface area contributed by atoms with Crippen molar-refractivity contribution in [1.29, 1.82) is 0 Å². The van der Waals surface area contributed by atoms with Crippen molar-refractivity contribution in [3.63, 3.8) is 0 Å². The maximum atomic E-state index is 12.4. The zero-order valence-corrected chi connectivity index (χ0v) is 12.7. The number of aryl methyl sites for hydroxylation is 1. The first-order valence-corrected chi connectivity index (χ1v) is 7.75. The highest BCUT2D eigenvalue weighted by Crippen LogP contribution is 2.23. The Kier molecular flexibility index (Phi) is 5.80. The summed E-state index contributed by atoms with van der Waals surface area (Å²) >= 11 is 0. The smallest absolute Gasteiger partial charge is 0.243 e. The lowest BCUT2D eigenvalue weighted by atomic mass is 9.99. The fraction of sp³-hybridized carbons (Fsp3) is 0.538. The molecular formula is C13H21ClN2O2S. The van der Waals surface area contributed by atoms with E-state index in [1.165, 1.54) is 0 Å². The van der Waals surface area contributed by atoms with E-state index in [-0.39, 0.29) is 12.4 Å². The summed E-state index contributed by atoms with van der Waals surface area (Å²) in [7, 11) is -3.32. The molecule has 4 nitrogen and oxygen atoms in total. The number of nitrogens with two attached hydrogens (primary N) is 1. The summed E-state index contributed by atoms with van der Waals surface area (Å²) in [4.78, 5) is 0.388. The molecule has 2 N–H and O–H groups in total. The normalized spacial score (nSPS) is 18.0. The predicted molar refractivity (Wildman–Crippen MR) is 79.0 cm³/mol. The average Bonchev–Trinajstić information content (AvgIpc) is 2.39. The summed E-state index contributed by atoms with van der Waals surface area (Å²) in [6.45, 7) is 3.76. The minimum absolute atomic E-state index is 0. The summed E-state index contributed by atoms with van der Waals surface area (Å²) in [6.07, 6.45) is 1.73. The number of hydrogen-bond acceptors (Lipinski definition) is 3. The van der Waals surface area contributed by atoms with Gasteiger partial charge in [-0.2, -0.15) is 4.31 Å². The fourth-order valence-corrected chi connectivity index (χ4v) is 3.71. The van der Waals surface area contributed by atoms with Crippen LogP contribution in [-0.2, 0) is 10.0 Å². The Labute approximate surface area is 121 Å². The van der Waals surface area contributed by atoms with Crippen LogP contribution in [-0.4, -0.2) is 32.4 Å². The monoisotopic (exact) mass is 304 g/mol. The van der Waals surface area contributed by atoms with Crippen LogP contribution in [0.25, 0.3) is 0 Å². The van der Waals surface area contributed by atoms with Crippen LogP contribution in [0.5, 0.6) is 0 Å². The zero-order chi connectivity index (χ0) is 13.2. The van der Waals surface area contributed by atoms with E-state index >= 15 is 0 Å². The number of rotatable bonds is 3. The summed E-state index contributed by atoms with van der Waals surface area (Å²) in [5.74, 6) is 0.467. The summed E-state index contributed by atoms with van der Waals surface area (Å²) < 4.78 is 26.3. The molecule has 6 heteroatoms. The summed E-state index contributed by atoms with van der Waals surface area (Å²) in [5.41, 5.74) is 6.68. The number of halogens is 1. The van der Waals surface area contributed by atoms with E-state index < -0.39 is 10.0 Å². The van der Waals surface area contributed by atoms with Gasteiger partial charge in [0.25, 0.3) is 0 Å². The molecule has 0 amide bonds. The second-order valence-corrected chi connectivity index (χ2v) is 6.83. The van der Waals surface area contributed by atoms with Gasteiger partial charge in [-0.05, 0) is 44.4 Å². The fourth-order valence-electron chi connectivity index (χ4n) is 2.24. The molecule has 1 aliphatic heterocycles. The second kappa shape index (κ2) is 6.70. The van der Waals surface area contributed by atoms with E-state index in [9.17, 15) is 8.42 Å². The van der Waals surface area contributed by atoms with Crippen molar-refractivity contribution in [3.05, 3.63) is 29.8 Å². The molecule has 0 spiro atoms. The first-order chi connectivity index (χ1) is 8.54. The SMILES string of the molecule is Cc1ccc(S(=O)(=O)N2CCC(CN)CC2)cc1.Cl. The molecule has 0 atom stereocenters. The zero-order valence-electron chi connectivity index (χ0n) is 11.1. The first kappa shape index (κ1) is 16.4. The Balaban J connectivity index is 0.00000180. The van der Waals surface area contributed by atoms with Crippen LogP contribution in [0.2, 0.25) is 0 Å². The van der Waals surface area contributed by atoms with Gasteiger partial charge in [0.1, 0.15) is 0 Å². The number of sulfonamides is 1. The molecule has 0 aliphatic carbocycles. The van der Waals surface area contributed by atoms with Crippen LogP contribution in [0.15, 0.2) is 29.2 Å². The Bertz CT molecular complexity index is 494. The highest BCUT2D eigenvalue weighted by Gasteiger charge is 2.28. The Morgan fingerprint density at radius 2 is 1.74 bits per heavy atom. The van der Waals surface area contributed by atoms with Crippen LogP contribution < -0.4 is 5.73 Å². The first-order valence-electron chi connectivity index (χ1n) is 6.31. The van der Waals surface area contributed by atoms with Crippen molar-refractivity contribution < 1.29 is 8.42 Å². The Hall–Kier alpha value is -0.620. The van der Waals surface area contributed by atoms with E-state index in [0.717, 1.165) is 18.4 Å². The van der Waals surface area contributed by atoms with E-state index in [1.807, 2.05) is 19.1 Å². The predicted octanol–water partition coefficient (Wildman–Crippen LogP) is 1.78. The van der Waals surface area contributed by atoms with Crippen molar-refractivity contribution in [2.45, 2.75) is 24.7 Å². The molecule has 0 unspecified atom stereocenters. The molecule has 108 valence electrons. The van der Waals surface area contributed by atoms with Crippen molar-refractivity contribution in [2.75, 3.05) is 19.6 Å². The third-order valence-electron chi connectivity index (χ3n) is 3.57. The van der Waals surface area contributed by atoms with Gasteiger partial charge in [-0.25, -0.2) is 8.42 Å². The van der Waals surface area contributed by atoms with Gasteiger partial charge in [0.15, 0.2) is 0 Å². The number of hydrogen-bond donors (Lipinski definition) is 1. The molecule has 0 saturated carbocycles. The molecule has 1 saturated heterocycles. The minimum Gasteiger partial charge on any atom is -0.330 e. The van der Waals surface area contributed by atoms with Crippen LogP contribution >= 0.6 is 12.4 Å². The van der Waals surface area contributed by atoms with Gasteiger partial charge < -0.3 is 5.73 Å². The summed E-state index contributed by atoms with van der Waals surface area (Å²) in [5, 5.41) is 0. The molecule has 1 heterocycles. The van der Waals surface area contributed by atoms with Crippen LogP contribution in [0.4, 0.5) is 0 Å². The number of nitrogens with zero attached hydrogens (tertiary/aromatic N) is 1. The van der Waals surface area contributed by atoms with Gasteiger partial charge in [0.2, 0.25) is 10.0 Å². The van der Waals surface area contributed by atoms with E-state index in [0.29, 0.717) is 30.4 Å². The van der Waals surface area contributed by atoms with Gasteiger partial charge in [0, 0.05) is 13.1 Å². The number of piperidine rings is 1. The highest BCUT2D eigenvalue weighted by molar-refractivity contribution is 7.89. The lowest BCUT2D eigenvalue weighted by molar-refractivity contribution is 0.278. The van der Waals surface area contributed by atoms with Gasteiger partial charge in [-0.1, -0.05) is 17.7 Å². The number of benzene rings is 1. The minimum atomic E-state index is -3.32. The molecule has 1 aliphatic rings. The van der Waals surface area contributed by atoms with E-state index in [2.05, 4.69) is 0 Å². The largest absolute Gasteiger partial charge is 0.330 e. The molecule has 2 rings (SSSR count). The van der Waals surface area contributed by atoms with Crippen molar-refractivity contribution in [2.24, 2.45) is 11.7 Å². The second-order valence-electron chi connectivity index (χ2n) is 4.90. The third-order valence-corrected chi connectivity index (χ3v) is 5.48. The van der Waals surface area contributed by atoms with Gasteiger partial charge in [-0.3, -0.25) is 0 Å². The van der Waals surface area contributed by atoms with Gasteiger partial charge in [0.05, 0.1) is 4.90 Å². The Morgan fingerprint density at radius 1 is 1.21 bits per heavy atom. The van der Waals surface area contributed by atoms with Gasteiger partial charge in [-0.15, -0.1) is 12.4 Å². The van der Waals surface area contributed by atoms with Crippen molar-refractivity contribution in [1.82, 2.24) is 4.31 Å². The van der Waals surface area contributed by atoms with Crippen molar-refractivity contribution >= 4 is 22.4 Å². The standard InChI is InChI=1S/C13H20N2O2S.ClH/c1-11-2-4-13(5-3-11)18(16,17)15-8-6-12(10-14)7-9-15;/h2-5,12H,6-10,14H2,1H3;1H. The van der Waals surface area contributed by atoms with Gasteiger partial charge >= 0.3 is 0 Å². The third kappa shape index (κ3) is 3.69. The average molecular weight is 305 g/mol. The Morgan fingerprint density at radius 3 is 2.21 bits per heavy atom. The molecule has 0 aromatic heterocycles. The quantitative estimate of drug-likeness (QED) is 0.926. The van der Waals surface area contributed by atoms with E-state index in [1.54, 1.807) is 16.4 Å².